The van der Waals surface area contributed by atoms with E-state index in [4.69, 9.17) is 24.2 Å². The van der Waals surface area contributed by atoms with Crippen molar-refractivity contribution < 1.29 is 33.3 Å². The lowest BCUT2D eigenvalue weighted by Crippen LogP contribution is -2.43. The summed E-state index contributed by atoms with van der Waals surface area (Å²) in [5, 5.41) is 16.0. The number of oxime groups is 1. The lowest BCUT2D eigenvalue weighted by atomic mass is 10.0. The molecular weight excluding hydrogens is 435 g/mol. The number of benzene rings is 1. The summed E-state index contributed by atoms with van der Waals surface area (Å²) in [7, 11) is 1.38. The van der Waals surface area contributed by atoms with Crippen molar-refractivity contribution in [3.8, 4) is 5.75 Å². The van der Waals surface area contributed by atoms with Crippen LogP contribution in [0, 0.1) is 12.7 Å². The third-order valence-corrected chi connectivity index (χ3v) is 5.34. The third kappa shape index (κ3) is 5.44. The standard InChI is InChI=1S/C22H25FN4O6/c1-12-25-16(17-7-20(33-27-17)21-11-31-14(9-28)10-32-21)6-18(26-12)22(29)24-8-13-3-4-15(23)19(5-13)30-2/h3-6,14,20-21,28H,7-11H2,1-2H3,(H,24,29)/t14-,20?,21-/m1/s1. The third-order valence-electron chi connectivity index (χ3n) is 5.34. The molecule has 1 unspecified atom stereocenters. The maximum Gasteiger partial charge on any atom is 0.270 e. The number of methoxy groups -OCH3 is 1. The summed E-state index contributed by atoms with van der Waals surface area (Å²) >= 11 is 0. The minimum atomic E-state index is -0.472. The fraction of sp³-hybridized carbons (Fsp3) is 0.455. The molecule has 3 atom stereocenters. The Labute approximate surface area is 189 Å². The first-order valence-electron chi connectivity index (χ1n) is 10.5. The van der Waals surface area contributed by atoms with Crippen LogP contribution in [0.1, 0.15) is 34.0 Å². The monoisotopic (exact) mass is 460 g/mol. The normalized spacial score (nSPS) is 22.4. The molecule has 2 aliphatic rings. The first-order chi connectivity index (χ1) is 16.0. The zero-order valence-electron chi connectivity index (χ0n) is 18.3. The molecule has 2 aliphatic heterocycles. The van der Waals surface area contributed by atoms with Gasteiger partial charge < -0.3 is 29.5 Å². The van der Waals surface area contributed by atoms with E-state index in [1.54, 1.807) is 19.1 Å². The van der Waals surface area contributed by atoms with Gasteiger partial charge in [-0.2, -0.15) is 0 Å². The molecule has 1 aromatic carbocycles. The minimum Gasteiger partial charge on any atom is -0.494 e. The van der Waals surface area contributed by atoms with Gasteiger partial charge in [0.25, 0.3) is 5.91 Å². The Bertz CT molecular complexity index is 1040. The lowest BCUT2D eigenvalue weighted by Gasteiger charge is -2.30. The number of nitrogens with one attached hydrogen (secondary N) is 1. The zero-order valence-corrected chi connectivity index (χ0v) is 18.3. The van der Waals surface area contributed by atoms with Crippen LogP contribution in [0.2, 0.25) is 0 Å². The summed E-state index contributed by atoms with van der Waals surface area (Å²) < 4.78 is 29.8. The van der Waals surface area contributed by atoms with Crippen molar-refractivity contribution in [2.75, 3.05) is 26.9 Å². The van der Waals surface area contributed by atoms with Crippen molar-refractivity contribution in [2.24, 2.45) is 5.16 Å². The molecule has 0 aliphatic carbocycles. The minimum absolute atomic E-state index is 0.0975. The van der Waals surface area contributed by atoms with E-state index in [9.17, 15) is 9.18 Å². The van der Waals surface area contributed by atoms with Gasteiger partial charge in [0.1, 0.15) is 29.4 Å². The first kappa shape index (κ1) is 23.0. The molecular formula is C22H25FN4O6. The van der Waals surface area contributed by atoms with Gasteiger partial charge in [-0.15, -0.1) is 0 Å². The second-order valence-electron chi connectivity index (χ2n) is 7.73. The molecule has 10 nitrogen and oxygen atoms in total. The van der Waals surface area contributed by atoms with Crippen molar-refractivity contribution >= 4 is 11.6 Å². The van der Waals surface area contributed by atoms with Crippen LogP contribution in [-0.2, 0) is 20.9 Å². The van der Waals surface area contributed by atoms with Gasteiger partial charge in [-0.1, -0.05) is 11.2 Å². The lowest BCUT2D eigenvalue weighted by molar-refractivity contribution is -0.178. The number of ether oxygens (including phenoxy) is 3. The molecule has 1 saturated heterocycles. The molecule has 2 aromatic rings. The number of aryl methyl sites for hydroxylation is 1. The molecule has 2 N–H and O–H groups in total. The van der Waals surface area contributed by atoms with E-state index in [1.165, 1.54) is 19.2 Å². The Kier molecular flexibility index (Phi) is 7.11. The molecule has 33 heavy (non-hydrogen) atoms. The number of nitrogens with zero attached hydrogens (tertiary/aromatic N) is 3. The van der Waals surface area contributed by atoms with Gasteiger partial charge >= 0.3 is 0 Å². The first-order valence-corrected chi connectivity index (χ1v) is 10.5. The molecule has 1 aromatic heterocycles. The average Bonchev–Trinajstić information content (AvgIpc) is 3.33. The second-order valence-corrected chi connectivity index (χ2v) is 7.73. The van der Waals surface area contributed by atoms with Gasteiger partial charge in [0.15, 0.2) is 17.7 Å². The van der Waals surface area contributed by atoms with Crippen LogP contribution in [-0.4, -0.2) is 71.9 Å². The summed E-state index contributed by atoms with van der Waals surface area (Å²) in [4.78, 5) is 26.8. The highest BCUT2D eigenvalue weighted by atomic mass is 19.1. The molecule has 0 saturated carbocycles. The highest BCUT2D eigenvalue weighted by molar-refractivity contribution is 6.02. The topological polar surface area (TPSA) is 124 Å². The Morgan fingerprint density at radius 2 is 2.09 bits per heavy atom. The van der Waals surface area contributed by atoms with Crippen molar-refractivity contribution in [3.63, 3.8) is 0 Å². The Morgan fingerprint density at radius 3 is 2.82 bits per heavy atom. The highest BCUT2D eigenvalue weighted by Gasteiger charge is 2.35. The van der Waals surface area contributed by atoms with E-state index in [0.29, 0.717) is 35.8 Å². The van der Waals surface area contributed by atoms with Gasteiger partial charge in [0.2, 0.25) is 0 Å². The number of rotatable bonds is 7. The van der Waals surface area contributed by atoms with Crippen molar-refractivity contribution in [1.29, 1.82) is 0 Å². The summed E-state index contributed by atoms with van der Waals surface area (Å²) in [6.45, 7) is 2.34. The molecule has 0 radical (unpaired) electrons. The van der Waals surface area contributed by atoms with Gasteiger partial charge in [-0.3, -0.25) is 4.79 Å². The van der Waals surface area contributed by atoms with Gasteiger partial charge in [0.05, 0.1) is 32.6 Å². The molecule has 11 heteroatoms. The van der Waals surface area contributed by atoms with Crippen LogP contribution in [0.25, 0.3) is 0 Å². The van der Waals surface area contributed by atoms with Crippen LogP contribution in [0.4, 0.5) is 4.39 Å². The number of hydrogen-bond acceptors (Lipinski definition) is 9. The molecule has 0 bridgehead atoms. The molecule has 0 spiro atoms. The summed E-state index contributed by atoms with van der Waals surface area (Å²) in [6.07, 6.45) is -0.553. The number of aliphatic hydroxyl groups excluding tert-OH is 1. The van der Waals surface area contributed by atoms with Crippen LogP contribution >= 0.6 is 0 Å². The smallest absolute Gasteiger partial charge is 0.270 e. The van der Waals surface area contributed by atoms with Gasteiger partial charge in [0, 0.05) is 13.0 Å². The molecule has 3 heterocycles. The van der Waals surface area contributed by atoms with E-state index < -0.39 is 11.7 Å². The zero-order chi connectivity index (χ0) is 23.4. The van der Waals surface area contributed by atoms with E-state index >= 15 is 0 Å². The molecule has 1 amide bonds. The van der Waals surface area contributed by atoms with Crippen LogP contribution < -0.4 is 10.1 Å². The largest absolute Gasteiger partial charge is 0.494 e. The maximum atomic E-state index is 13.6. The van der Waals surface area contributed by atoms with Gasteiger partial charge in [-0.25, -0.2) is 14.4 Å². The number of aliphatic hydroxyl groups is 1. The van der Waals surface area contributed by atoms with Crippen LogP contribution in [0.15, 0.2) is 29.4 Å². The molecule has 4 rings (SSSR count). The number of halogens is 1. The van der Waals surface area contributed by atoms with E-state index in [-0.39, 0.29) is 49.5 Å². The van der Waals surface area contributed by atoms with E-state index in [1.807, 2.05) is 0 Å². The number of hydrogen-bond donors (Lipinski definition) is 2. The fourth-order valence-corrected chi connectivity index (χ4v) is 3.54. The van der Waals surface area contributed by atoms with Gasteiger partial charge in [-0.05, 0) is 30.7 Å². The summed E-state index contributed by atoms with van der Waals surface area (Å²) in [5.74, 6) is -0.356. The number of aromatic nitrogens is 2. The van der Waals surface area contributed by atoms with E-state index in [2.05, 4.69) is 20.4 Å². The van der Waals surface area contributed by atoms with Crippen molar-refractivity contribution in [1.82, 2.24) is 15.3 Å². The maximum absolute atomic E-state index is 13.6. The highest BCUT2D eigenvalue weighted by Crippen LogP contribution is 2.23. The average molecular weight is 460 g/mol. The number of carbonyl (C=O) groups is 1. The van der Waals surface area contributed by atoms with Crippen LogP contribution in [0.3, 0.4) is 0 Å². The Hall–Kier alpha value is -3.15. The predicted octanol–water partition coefficient (Wildman–Crippen LogP) is 1.13. The number of carbonyl (C=O) groups excluding carboxylic acids is 1. The SMILES string of the molecule is COc1cc(CNC(=O)c2cc(C3=NOC([C@H]4CO[C@H](CO)CO4)C3)nc(C)n2)ccc1F. The predicted molar refractivity (Wildman–Crippen MR) is 113 cm³/mol. The van der Waals surface area contributed by atoms with Crippen molar-refractivity contribution in [2.45, 2.75) is 38.2 Å². The van der Waals surface area contributed by atoms with E-state index in [0.717, 1.165) is 0 Å². The quantitative estimate of drug-likeness (QED) is 0.630. The summed E-state index contributed by atoms with van der Waals surface area (Å²) in [5.41, 5.74) is 1.93. The number of amides is 1. The van der Waals surface area contributed by atoms with Crippen LogP contribution in [0.5, 0.6) is 5.75 Å². The van der Waals surface area contributed by atoms with Crippen molar-refractivity contribution in [3.05, 3.63) is 52.9 Å². The molecule has 1 fully saturated rings. The summed E-state index contributed by atoms with van der Waals surface area (Å²) in [6, 6.07) is 5.93. The fourth-order valence-electron chi connectivity index (χ4n) is 3.54. The molecule has 176 valence electrons. The second kappa shape index (κ2) is 10.2. The Morgan fingerprint density at radius 1 is 1.24 bits per heavy atom. The Balaban J connectivity index is 1.39.